The van der Waals surface area contributed by atoms with E-state index in [1.54, 1.807) is 0 Å². The molecule has 0 saturated carbocycles. The first-order valence-electron chi connectivity index (χ1n) is 5.12. The third-order valence-corrected chi connectivity index (χ3v) is 2.02. The molecule has 3 N–H and O–H groups in total. The van der Waals surface area contributed by atoms with E-state index in [0.717, 1.165) is 0 Å². The predicted octanol–water partition coefficient (Wildman–Crippen LogP) is -1.90. The molecule has 1 amide bonds. The van der Waals surface area contributed by atoms with E-state index >= 15 is 0 Å². The van der Waals surface area contributed by atoms with E-state index in [9.17, 15) is 4.79 Å². The van der Waals surface area contributed by atoms with Crippen LogP contribution in [0.2, 0.25) is 0 Å². The van der Waals surface area contributed by atoms with Gasteiger partial charge in [-0.3, -0.25) is 4.79 Å². The molecule has 0 aliphatic carbocycles. The van der Waals surface area contributed by atoms with Gasteiger partial charge in [-0.1, -0.05) is 0 Å². The Morgan fingerprint density at radius 3 is 3.13 bits per heavy atom. The zero-order valence-electron chi connectivity index (χ0n) is 8.70. The van der Waals surface area contributed by atoms with Crippen LogP contribution in [-0.4, -0.2) is 63.2 Å². The summed E-state index contributed by atoms with van der Waals surface area (Å²) in [6.45, 7) is 2.97. The molecule has 1 unspecified atom stereocenters. The van der Waals surface area contributed by atoms with Gasteiger partial charge in [0.15, 0.2) is 0 Å². The summed E-state index contributed by atoms with van der Waals surface area (Å²) in [5, 5.41) is 14.2. The number of ether oxygens (including phenoxy) is 2. The van der Waals surface area contributed by atoms with Crippen molar-refractivity contribution in [2.75, 3.05) is 46.1 Å². The monoisotopic (exact) mass is 218 g/mol. The Kier molecular flexibility index (Phi) is 6.26. The molecule has 1 aliphatic heterocycles. The van der Waals surface area contributed by atoms with Crippen LogP contribution in [0.25, 0.3) is 0 Å². The predicted molar refractivity (Wildman–Crippen MR) is 53.5 cm³/mol. The third-order valence-electron chi connectivity index (χ3n) is 2.02. The van der Waals surface area contributed by atoms with Crippen molar-refractivity contribution in [3.63, 3.8) is 0 Å². The average molecular weight is 218 g/mol. The molecular formula is C9H18N2O4. The maximum absolute atomic E-state index is 11.5. The minimum Gasteiger partial charge on any atom is -0.394 e. The number of nitrogens with one attached hydrogen (secondary N) is 2. The molecule has 1 heterocycles. The van der Waals surface area contributed by atoms with Crippen LogP contribution in [0, 0.1) is 0 Å². The molecule has 0 radical (unpaired) electrons. The zero-order chi connectivity index (χ0) is 10.9. The summed E-state index contributed by atoms with van der Waals surface area (Å²) < 4.78 is 10.2. The highest BCUT2D eigenvalue weighted by molar-refractivity contribution is 5.81. The molecule has 88 valence electrons. The second-order valence-electron chi connectivity index (χ2n) is 3.21. The van der Waals surface area contributed by atoms with Crippen molar-refractivity contribution >= 4 is 5.91 Å². The van der Waals surface area contributed by atoms with Gasteiger partial charge in [-0.15, -0.1) is 0 Å². The Hall–Kier alpha value is -0.690. The Balaban J connectivity index is 2.02. The van der Waals surface area contributed by atoms with Gasteiger partial charge < -0.3 is 25.2 Å². The molecule has 1 aliphatic rings. The first-order valence-corrected chi connectivity index (χ1v) is 5.12. The fraction of sp³-hybridized carbons (Fsp3) is 0.889. The highest BCUT2D eigenvalue weighted by Crippen LogP contribution is 1.92. The van der Waals surface area contributed by atoms with Gasteiger partial charge in [0.25, 0.3) is 0 Å². The molecule has 0 aromatic carbocycles. The van der Waals surface area contributed by atoms with Gasteiger partial charge in [-0.2, -0.15) is 0 Å². The van der Waals surface area contributed by atoms with Crippen molar-refractivity contribution in [2.45, 2.75) is 6.04 Å². The number of rotatable bonds is 6. The third kappa shape index (κ3) is 5.08. The lowest BCUT2D eigenvalue weighted by molar-refractivity contribution is -0.126. The normalized spacial score (nSPS) is 21.3. The number of aliphatic hydroxyl groups excluding tert-OH is 1. The number of hydrogen-bond acceptors (Lipinski definition) is 5. The van der Waals surface area contributed by atoms with E-state index < -0.39 is 0 Å². The quantitative estimate of drug-likeness (QED) is 0.454. The van der Waals surface area contributed by atoms with Crippen LogP contribution in [0.4, 0.5) is 0 Å². The summed E-state index contributed by atoms with van der Waals surface area (Å²) in [6, 6.07) is -0.253. The number of hydrogen-bond donors (Lipinski definition) is 3. The standard InChI is InChI=1S/C9H18N2O4/c12-3-6-14-4-2-11-9(13)8-7-15-5-1-10-8/h8,10,12H,1-7H2,(H,11,13). The minimum absolute atomic E-state index is 0.00592. The first-order chi connectivity index (χ1) is 7.34. The van der Waals surface area contributed by atoms with E-state index in [1.807, 2.05) is 0 Å². The van der Waals surface area contributed by atoms with E-state index in [2.05, 4.69) is 10.6 Å². The Labute approximate surface area is 88.9 Å². The largest absolute Gasteiger partial charge is 0.394 e. The molecular weight excluding hydrogens is 200 g/mol. The zero-order valence-corrected chi connectivity index (χ0v) is 8.70. The molecule has 15 heavy (non-hydrogen) atoms. The van der Waals surface area contributed by atoms with Crippen LogP contribution in [0.3, 0.4) is 0 Å². The van der Waals surface area contributed by atoms with Crippen LogP contribution in [0.5, 0.6) is 0 Å². The van der Waals surface area contributed by atoms with E-state index in [1.165, 1.54) is 0 Å². The van der Waals surface area contributed by atoms with Crippen LogP contribution in [-0.2, 0) is 14.3 Å². The van der Waals surface area contributed by atoms with Crippen molar-refractivity contribution in [2.24, 2.45) is 0 Å². The molecule has 6 heteroatoms. The van der Waals surface area contributed by atoms with Gasteiger partial charge in [0.05, 0.1) is 33.0 Å². The molecule has 1 rings (SSSR count). The van der Waals surface area contributed by atoms with Crippen molar-refractivity contribution < 1.29 is 19.4 Å². The Morgan fingerprint density at radius 1 is 1.60 bits per heavy atom. The van der Waals surface area contributed by atoms with E-state index in [-0.39, 0.29) is 18.6 Å². The lowest BCUT2D eigenvalue weighted by atomic mass is 10.2. The van der Waals surface area contributed by atoms with Crippen LogP contribution >= 0.6 is 0 Å². The van der Waals surface area contributed by atoms with Crippen molar-refractivity contribution in [3.8, 4) is 0 Å². The van der Waals surface area contributed by atoms with E-state index in [0.29, 0.717) is 39.5 Å². The lowest BCUT2D eigenvalue weighted by Crippen LogP contribution is -2.51. The number of amides is 1. The SMILES string of the molecule is O=C(NCCOCCO)C1COCCN1. The van der Waals surface area contributed by atoms with Gasteiger partial charge in [0.2, 0.25) is 5.91 Å². The summed E-state index contributed by atoms with van der Waals surface area (Å²) in [5.74, 6) is -0.0673. The number of morpholine rings is 1. The highest BCUT2D eigenvalue weighted by Gasteiger charge is 2.20. The molecule has 1 fully saturated rings. The number of aliphatic hydroxyl groups is 1. The van der Waals surface area contributed by atoms with Crippen molar-refractivity contribution in [3.05, 3.63) is 0 Å². The maximum atomic E-state index is 11.5. The van der Waals surface area contributed by atoms with Gasteiger partial charge in [-0.05, 0) is 0 Å². The Morgan fingerprint density at radius 2 is 2.47 bits per heavy atom. The van der Waals surface area contributed by atoms with Crippen molar-refractivity contribution in [1.29, 1.82) is 0 Å². The lowest BCUT2D eigenvalue weighted by Gasteiger charge is -2.22. The van der Waals surface area contributed by atoms with Gasteiger partial charge in [-0.25, -0.2) is 0 Å². The average Bonchev–Trinajstić information content (AvgIpc) is 2.30. The summed E-state index contributed by atoms with van der Waals surface area (Å²) >= 11 is 0. The first kappa shape index (κ1) is 12.4. The number of carbonyl (C=O) groups excluding carboxylic acids is 1. The molecule has 1 saturated heterocycles. The molecule has 0 aromatic heterocycles. The fourth-order valence-corrected chi connectivity index (χ4v) is 1.27. The van der Waals surface area contributed by atoms with Crippen molar-refractivity contribution in [1.82, 2.24) is 10.6 Å². The van der Waals surface area contributed by atoms with Crippen LogP contribution in [0.1, 0.15) is 0 Å². The smallest absolute Gasteiger partial charge is 0.239 e. The van der Waals surface area contributed by atoms with Crippen LogP contribution < -0.4 is 10.6 Å². The van der Waals surface area contributed by atoms with Gasteiger partial charge in [0.1, 0.15) is 6.04 Å². The summed E-state index contributed by atoms with van der Waals surface area (Å²) in [7, 11) is 0. The second-order valence-corrected chi connectivity index (χ2v) is 3.21. The highest BCUT2D eigenvalue weighted by atomic mass is 16.5. The maximum Gasteiger partial charge on any atom is 0.239 e. The molecule has 1 atom stereocenters. The summed E-state index contributed by atoms with van der Waals surface area (Å²) in [6.07, 6.45) is 0. The number of carbonyl (C=O) groups is 1. The fourth-order valence-electron chi connectivity index (χ4n) is 1.27. The summed E-state index contributed by atoms with van der Waals surface area (Å²) in [5.41, 5.74) is 0. The minimum atomic E-state index is -0.253. The molecule has 0 spiro atoms. The topological polar surface area (TPSA) is 79.8 Å². The summed E-state index contributed by atoms with van der Waals surface area (Å²) in [4.78, 5) is 11.5. The van der Waals surface area contributed by atoms with Gasteiger partial charge >= 0.3 is 0 Å². The Bertz CT molecular complexity index is 183. The van der Waals surface area contributed by atoms with Crippen LogP contribution in [0.15, 0.2) is 0 Å². The van der Waals surface area contributed by atoms with Gasteiger partial charge in [0, 0.05) is 13.1 Å². The second kappa shape index (κ2) is 7.58. The molecule has 0 bridgehead atoms. The van der Waals surface area contributed by atoms with E-state index in [4.69, 9.17) is 14.6 Å². The molecule has 6 nitrogen and oxygen atoms in total. The molecule has 0 aromatic rings.